The van der Waals surface area contributed by atoms with Crippen LogP contribution in [-0.2, 0) is -18.0 Å². The van der Waals surface area contributed by atoms with Crippen molar-refractivity contribution in [2.24, 2.45) is 0 Å². The Balaban J connectivity index is 5.84. The first-order valence-electron chi connectivity index (χ1n) is 2.14. The summed E-state index contributed by atoms with van der Waals surface area (Å²) in [5.74, 6) is 0. The summed E-state index contributed by atoms with van der Waals surface area (Å²) < 4.78 is -3.68. The molecule has 0 atom stereocenters. The van der Waals surface area contributed by atoms with Crippen LogP contribution in [-0.4, -0.2) is 0 Å². The van der Waals surface area contributed by atoms with E-state index in [1.165, 1.54) is 0 Å². The summed E-state index contributed by atoms with van der Waals surface area (Å²) in [7, 11) is 0. The summed E-state index contributed by atoms with van der Waals surface area (Å²) in [5, 5.41) is 0. The van der Waals surface area contributed by atoms with Gasteiger partial charge in [0.1, 0.15) is 0 Å². The van der Waals surface area contributed by atoms with Crippen molar-refractivity contribution in [2.45, 2.75) is 0 Å². The van der Waals surface area contributed by atoms with Gasteiger partial charge in [0.25, 0.3) is 0 Å². The molecule has 0 nitrogen and oxygen atoms in total. The van der Waals surface area contributed by atoms with Crippen LogP contribution >= 0.6 is 158 Å². The minimum atomic E-state index is -3.68. The standard InChI is InChI=1S/8HI.Zn/h8*1H;/q;;;;;;;;+8/p-8. The van der Waals surface area contributed by atoms with Crippen LogP contribution in [0.15, 0.2) is 0 Å². The van der Waals surface area contributed by atoms with E-state index >= 15 is 0 Å². The molecule has 0 unspecified atom stereocenters. The van der Waals surface area contributed by atoms with E-state index in [0.717, 1.165) is 0 Å². The molecule has 0 radical (unpaired) electrons. The normalized spacial score (nSPS) is 31.1. The van der Waals surface area contributed by atoms with E-state index in [9.17, 15) is 0 Å². The Bertz CT molecular complexity index is 139. The van der Waals surface area contributed by atoms with Gasteiger partial charge in [-0.3, -0.25) is 0 Å². The fraction of sp³-hybridized carbons (Fsp3) is 0. The molecule has 9 heavy (non-hydrogen) atoms. The second kappa shape index (κ2) is 2.21. The van der Waals surface area contributed by atoms with Gasteiger partial charge in [-0.2, -0.15) is 0 Å². The van der Waals surface area contributed by atoms with Crippen molar-refractivity contribution in [3.63, 3.8) is 0 Å². The van der Waals surface area contributed by atoms with Crippen LogP contribution in [0.3, 0.4) is 0 Å². The molecule has 0 heterocycles. The predicted molar refractivity (Wildman–Crippen MR) is 112 cm³/mol. The quantitative estimate of drug-likeness (QED) is 0.180. The Kier molecular flexibility index (Phi) is 3.79. The molecule has 0 saturated carbocycles. The van der Waals surface area contributed by atoms with Crippen LogP contribution in [0, 0.1) is 0 Å². The summed E-state index contributed by atoms with van der Waals surface area (Å²) in [4.78, 5) is 0. The van der Waals surface area contributed by atoms with Crippen LogP contribution in [0.1, 0.15) is 0 Å². The fourth-order valence-electron chi connectivity index (χ4n) is 0. The van der Waals surface area contributed by atoms with E-state index in [-0.39, 0.29) is 0 Å². The van der Waals surface area contributed by atoms with E-state index < -0.39 is -18.0 Å². The molecule has 0 aromatic heterocycles. The van der Waals surface area contributed by atoms with Crippen molar-refractivity contribution in [3.05, 3.63) is 0 Å². The average Bonchev–Trinajstić information content (AvgIpc) is 0.503. The Morgan fingerprint density at radius 2 is 0.444 bits per heavy atom. The summed E-state index contributed by atoms with van der Waals surface area (Å²) in [6.07, 6.45) is 0. The predicted octanol–water partition coefficient (Wildman–Crippen LogP) is 7.08. The molecule has 0 rings (SSSR count). The monoisotopic (exact) mass is 1080 g/mol. The van der Waals surface area contributed by atoms with Gasteiger partial charge in [0.2, 0.25) is 0 Å². The van der Waals surface area contributed by atoms with Gasteiger partial charge in [-0.1, -0.05) is 0 Å². The van der Waals surface area contributed by atoms with Crippen molar-refractivity contribution in [3.8, 4) is 0 Å². The summed E-state index contributed by atoms with van der Waals surface area (Å²) in [6, 6.07) is 0. The molecule has 0 aromatic rings. The zero-order chi connectivity index (χ0) is 8.35. The van der Waals surface area contributed by atoms with Gasteiger partial charge in [-0.05, 0) is 0 Å². The average molecular weight is 1080 g/mol. The van der Waals surface area contributed by atoms with Crippen molar-refractivity contribution >= 4 is 158 Å². The first-order chi connectivity index (χ1) is 2.83. The van der Waals surface area contributed by atoms with Crippen molar-refractivity contribution in [1.82, 2.24) is 0 Å². The van der Waals surface area contributed by atoms with Crippen LogP contribution < -0.4 is 0 Å². The van der Waals surface area contributed by atoms with Gasteiger partial charge in [0.05, 0.1) is 0 Å². The SMILES string of the molecule is [I][Zn]([I])([I])([I])([I])([I])([I])[I]. The van der Waals surface area contributed by atoms with E-state index in [2.05, 4.69) is 158 Å². The maximum absolute atomic E-state index is 3.68. The van der Waals surface area contributed by atoms with Crippen LogP contribution in [0.5, 0.6) is 0 Å². The Morgan fingerprint density at radius 1 is 0.444 bits per heavy atom. The van der Waals surface area contributed by atoms with Crippen molar-refractivity contribution < 1.29 is -18.0 Å². The summed E-state index contributed by atoms with van der Waals surface area (Å²) >= 11 is 20.8. The Labute approximate surface area is 134 Å². The van der Waals surface area contributed by atoms with E-state index in [1.54, 1.807) is 0 Å². The van der Waals surface area contributed by atoms with Gasteiger partial charge in [-0.15, -0.1) is 0 Å². The number of halogens is 8. The Hall–Kier alpha value is 6.46. The molecule has 0 aliphatic rings. The Morgan fingerprint density at radius 3 is 0.444 bits per heavy atom. The van der Waals surface area contributed by atoms with Crippen molar-refractivity contribution in [2.75, 3.05) is 0 Å². The first-order valence-corrected chi connectivity index (χ1v) is 74.5. The second-order valence-corrected chi connectivity index (χ2v) is 661. The summed E-state index contributed by atoms with van der Waals surface area (Å²) in [6.45, 7) is 0. The first kappa shape index (κ1) is 15.5. The van der Waals surface area contributed by atoms with E-state index in [1.807, 2.05) is 0 Å². The third kappa shape index (κ3) is 53.8. The van der Waals surface area contributed by atoms with Gasteiger partial charge in [0, 0.05) is 0 Å². The second-order valence-electron chi connectivity index (χ2n) is 2.83. The van der Waals surface area contributed by atoms with Gasteiger partial charge in [-0.25, -0.2) is 0 Å². The number of rotatable bonds is 0. The number of hydrogen-bond donors (Lipinski definition) is 0. The zero-order valence-electron chi connectivity index (χ0n) is 3.73. The van der Waals surface area contributed by atoms with Gasteiger partial charge < -0.3 is 0 Å². The van der Waals surface area contributed by atoms with Crippen LogP contribution in [0.4, 0.5) is 0 Å². The maximum atomic E-state index is 2.60. The molecule has 9 heteroatoms. The van der Waals surface area contributed by atoms with Gasteiger partial charge in [0.15, 0.2) is 0 Å². The van der Waals surface area contributed by atoms with Crippen LogP contribution in [0.2, 0.25) is 0 Å². The molecule has 0 N–H and O–H groups in total. The third-order valence-electron chi connectivity index (χ3n) is 0. The number of hydrogen-bond acceptors (Lipinski definition) is 0. The molecule has 0 saturated heterocycles. The molecule has 0 aliphatic heterocycles. The molecule has 58 valence electrons. The topological polar surface area (TPSA) is 0 Å². The summed E-state index contributed by atoms with van der Waals surface area (Å²) in [5.41, 5.74) is 0. The molecule has 0 aliphatic carbocycles. The molecule has 0 amide bonds. The van der Waals surface area contributed by atoms with Gasteiger partial charge >= 0.3 is 140 Å². The molecular weight excluding hydrogens is 1080 g/mol. The fourth-order valence-corrected chi connectivity index (χ4v) is 0. The molecule has 0 bridgehead atoms. The molecule has 0 aromatic carbocycles. The molecule has 0 spiro atoms. The molecular formula is I8Zn. The minimum absolute atomic E-state index is 2.60. The van der Waals surface area contributed by atoms with Crippen molar-refractivity contribution in [1.29, 1.82) is 0 Å². The van der Waals surface area contributed by atoms with E-state index in [0.29, 0.717) is 0 Å². The third-order valence-corrected chi connectivity index (χ3v) is 0. The van der Waals surface area contributed by atoms with E-state index in [4.69, 9.17) is 0 Å². The van der Waals surface area contributed by atoms with Crippen LogP contribution in [0.25, 0.3) is 0 Å². The zero-order valence-corrected chi connectivity index (χ0v) is 24.0. The molecule has 0 fully saturated rings.